The summed E-state index contributed by atoms with van der Waals surface area (Å²) in [5.41, 5.74) is 4.84. The first-order valence-corrected chi connectivity index (χ1v) is 11.2. The number of benzene rings is 1. The molecule has 2 aliphatic rings. The molecule has 170 valence electrons. The van der Waals surface area contributed by atoms with Crippen LogP contribution in [0.1, 0.15) is 61.0 Å². The van der Waals surface area contributed by atoms with Crippen LogP contribution in [0.25, 0.3) is 0 Å². The predicted octanol–water partition coefficient (Wildman–Crippen LogP) is 4.12. The Morgan fingerprint density at radius 3 is 2.75 bits per heavy atom. The van der Waals surface area contributed by atoms with Crippen molar-refractivity contribution in [3.8, 4) is 6.07 Å². The molecule has 0 aliphatic carbocycles. The maximum atomic E-state index is 12.2. The Bertz CT molecular complexity index is 1030. The van der Waals surface area contributed by atoms with Crippen molar-refractivity contribution in [2.75, 3.05) is 38.8 Å². The van der Waals surface area contributed by atoms with Crippen LogP contribution in [-0.2, 0) is 22.4 Å². The Labute approximate surface area is 189 Å². The van der Waals surface area contributed by atoms with Gasteiger partial charge >= 0.3 is 6.09 Å². The summed E-state index contributed by atoms with van der Waals surface area (Å²) in [5.74, 6) is 1.10. The molecule has 1 aromatic heterocycles. The Kier molecular flexibility index (Phi) is 6.38. The second kappa shape index (κ2) is 9.21. The molecule has 1 fully saturated rings. The zero-order chi connectivity index (χ0) is 22.8. The van der Waals surface area contributed by atoms with Gasteiger partial charge in [0.15, 0.2) is 5.82 Å². The predicted molar refractivity (Wildman–Crippen MR) is 121 cm³/mol. The summed E-state index contributed by atoms with van der Waals surface area (Å²) in [4.78, 5) is 16.0. The standard InChI is InChI=1S/C24H31N5O3/c1-16(2)20-6-5-19(13-17(20)14-25)27(3)23-21-15-28(24(30)31-4)10-7-22(21)29(26-23)18-8-11-32-12-9-18/h5-6,13,16,18H,7-12,15H2,1-4H3. The number of hydrogen-bond acceptors (Lipinski definition) is 6. The lowest BCUT2D eigenvalue weighted by atomic mass is 9.97. The quantitative estimate of drug-likeness (QED) is 0.715. The molecule has 32 heavy (non-hydrogen) atoms. The first-order chi connectivity index (χ1) is 15.4. The van der Waals surface area contributed by atoms with Crippen molar-refractivity contribution in [2.24, 2.45) is 0 Å². The summed E-state index contributed by atoms with van der Waals surface area (Å²) < 4.78 is 12.7. The van der Waals surface area contributed by atoms with E-state index in [9.17, 15) is 10.1 Å². The van der Waals surface area contributed by atoms with E-state index < -0.39 is 0 Å². The van der Waals surface area contributed by atoms with Gasteiger partial charge in [0.25, 0.3) is 0 Å². The van der Waals surface area contributed by atoms with Crippen LogP contribution in [0.5, 0.6) is 0 Å². The van der Waals surface area contributed by atoms with Crippen molar-refractivity contribution in [3.05, 3.63) is 40.6 Å². The van der Waals surface area contributed by atoms with Crippen molar-refractivity contribution in [2.45, 2.75) is 51.6 Å². The minimum Gasteiger partial charge on any atom is -0.453 e. The van der Waals surface area contributed by atoms with Crippen LogP contribution < -0.4 is 4.90 Å². The van der Waals surface area contributed by atoms with E-state index >= 15 is 0 Å². The number of methoxy groups -OCH3 is 1. The third kappa shape index (κ3) is 4.05. The molecule has 2 aromatic rings. The van der Waals surface area contributed by atoms with Gasteiger partial charge in [-0.2, -0.15) is 10.4 Å². The summed E-state index contributed by atoms with van der Waals surface area (Å²) in [5, 5.41) is 14.7. The maximum absolute atomic E-state index is 12.2. The Morgan fingerprint density at radius 1 is 1.34 bits per heavy atom. The van der Waals surface area contributed by atoms with Crippen LogP contribution in [0.3, 0.4) is 0 Å². The summed E-state index contributed by atoms with van der Waals surface area (Å²) in [6.45, 7) is 6.72. The van der Waals surface area contributed by atoms with Gasteiger partial charge in [-0.15, -0.1) is 0 Å². The molecule has 4 rings (SSSR count). The smallest absolute Gasteiger partial charge is 0.409 e. The van der Waals surface area contributed by atoms with E-state index in [1.165, 1.54) is 12.8 Å². The lowest BCUT2D eigenvalue weighted by molar-refractivity contribution is 0.0649. The third-order valence-electron chi connectivity index (χ3n) is 6.52. The van der Waals surface area contributed by atoms with Gasteiger partial charge < -0.3 is 19.3 Å². The molecule has 0 N–H and O–H groups in total. The second-order valence-corrected chi connectivity index (χ2v) is 8.78. The number of nitrogens with zero attached hydrogens (tertiary/aromatic N) is 5. The normalized spacial score (nSPS) is 16.6. The van der Waals surface area contributed by atoms with Crippen LogP contribution in [0, 0.1) is 11.3 Å². The SMILES string of the molecule is COC(=O)N1CCc2c(c(N(C)c3ccc(C(C)C)c(C#N)c3)nn2C2CCOCC2)C1. The van der Waals surface area contributed by atoms with Crippen molar-refractivity contribution in [3.63, 3.8) is 0 Å². The first-order valence-electron chi connectivity index (χ1n) is 11.2. The molecule has 0 atom stereocenters. The van der Waals surface area contributed by atoms with E-state index in [0.29, 0.717) is 24.7 Å². The van der Waals surface area contributed by atoms with Crippen LogP contribution in [-0.4, -0.2) is 54.7 Å². The lowest BCUT2D eigenvalue weighted by Gasteiger charge is -2.29. The van der Waals surface area contributed by atoms with Gasteiger partial charge in [-0.25, -0.2) is 4.79 Å². The molecule has 0 saturated carbocycles. The molecule has 1 saturated heterocycles. The highest BCUT2D eigenvalue weighted by Gasteiger charge is 2.32. The summed E-state index contributed by atoms with van der Waals surface area (Å²) >= 11 is 0. The van der Waals surface area contributed by atoms with E-state index in [1.807, 2.05) is 30.1 Å². The highest BCUT2D eigenvalue weighted by molar-refractivity contribution is 5.70. The Hall–Kier alpha value is -3.05. The van der Waals surface area contributed by atoms with Crippen LogP contribution >= 0.6 is 0 Å². The van der Waals surface area contributed by atoms with Crippen molar-refractivity contribution in [1.29, 1.82) is 5.26 Å². The monoisotopic (exact) mass is 437 g/mol. The number of aromatic nitrogens is 2. The number of carbonyl (C=O) groups is 1. The second-order valence-electron chi connectivity index (χ2n) is 8.78. The van der Waals surface area contributed by atoms with E-state index in [4.69, 9.17) is 14.6 Å². The van der Waals surface area contributed by atoms with Crippen LogP contribution in [0.15, 0.2) is 18.2 Å². The molecule has 2 aliphatic heterocycles. The van der Waals surface area contributed by atoms with Gasteiger partial charge in [0.1, 0.15) is 0 Å². The Morgan fingerprint density at radius 2 is 2.09 bits per heavy atom. The molecule has 0 radical (unpaired) electrons. The molecule has 1 amide bonds. The molecule has 0 bridgehead atoms. The highest BCUT2D eigenvalue weighted by atomic mass is 16.5. The zero-order valence-electron chi connectivity index (χ0n) is 19.3. The number of amides is 1. The largest absolute Gasteiger partial charge is 0.453 e. The van der Waals surface area contributed by atoms with Gasteiger partial charge in [-0.05, 0) is 36.5 Å². The number of nitriles is 1. The highest BCUT2D eigenvalue weighted by Crippen LogP contribution is 2.36. The van der Waals surface area contributed by atoms with Crippen molar-refractivity contribution >= 4 is 17.6 Å². The number of ether oxygens (including phenoxy) is 2. The topological polar surface area (TPSA) is 83.6 Å². The fraction of sp³-hybridized carbons (Fsp3) is 0.542. The molecule has 8 heteroatoms. The molecule has 0 unspecified atom stereocenters. The van der Waals surface area contributed by atoms with Gasteiger partial charge in [0, 0.05) is 50.2 Å². The summed E-state index contributed by atoms with van der Waals surface area (Å²) in [6.07, 6.45) is 2.27. The van der Waals surface area contributed by atoms with Gasteiger partial charge in [-0.3, -0.25) is 4.68 Å². The van der Waals surface area contributed by atoms with Gasteiger partial charge in [-0.1, -0.05) is 19.9 Å². The fourth-order valence-corrected chi connectivity index (χ4v) is 4.69. The third-order valence-corrected chi connectivity index (χ3v) is 6.52. The van der Waals surface area contributed by atoms with Crippen LogP contribution in [0.2, 0.25) is 0 Å². The number of hydrogen-bond donors (Lipinski definition) is 0. The lowest BCUT2D eigenvalue weighted by Crippen LogP contribution is -2.37. The van der Waals surface area contributed by atoms with Gasteiger partial charge in [0.2, 0.25) is 0 Å². The molecular weight excluding hydrogens is 406 g/mol. The van der Waals surface area contributed by atoms with E-state index in [0.717, 1.165) is 55.1 Å². The fourth-order valence-electron chi connectivity index (χ4n) is 4.69. The average molecular weight is 438 g/mol. The van der Waals surface area contributed by atoms with Crippen molar-refractivity contribution < 1.29 is 14.3 Å². The number of carbonyl (C=O) groups excluding carboxylic acids is 1. The summed E-state index contributed by atoms with van der Waals surface area (Å²) in [6, 6.07) is 8.62. The Balaban J connectivity index is 1.75. The average Bonchev–Trinajstić information content (AvgIpc) is 3.21. The summed E-state index contributed by atoms with van der Waals surface area (Å²) in [7, 11) is 3.38. The zero-order valence-corrected chi connectivity index (χ0v) is 19.3. The number of fused-ring (bicyclic) bond motifs is 1. The van der Waals surface area contributed by atoms with E-state index in [2.05, 4.69) is 24.6 Å². The molecule has 8 nitrogen and oxygen atoms in total. The van der Waals surface area contributed by atoms with E-state index in [1.54, 1.807) is 4.90 Å². The van der Waals surface area contributed by atoms with Crippen LogP contribution in [0.4, 0.5) is 16.3 Å². The first kappa shape index (κ1) is 22.2. The molecule has 3 heterocycles. The van der Waals surface area contributed by atoms with Gasteiger partial charge in [0.05, 0.1) is 31.3 Å². The number of anilines is 2. The minimum atomic E-state index is -0.323. The minimum absolute atomic E-state index is 0.276. The molecular formula is C24H31N5O3. The number of rotatable bonds is 4. The van der Waals surface area contributed by atoms with Crippen molar-refractivity contribution in [1.82, 2.24) is 14.7 Å². The molecule has 0 spiro atoms. The maximum Gasteiger partial charge on any atom is 0.409 e. The van der Waals surface area contributed by atoms with E-state index in [-0.39, 0.29) is 12.0 Å². The molecule has 1 aromatic carbocycles.